The number of nitrogens with one attached hydrogen (secondary N) is 1. The van der Waals surface area contributed by atoms with E-state index < -0.39 is 34.3 Å². The van der Waals surface area contributed by atoms with Crippen LogP contribution in [0.15, 0.2) is 88.2 Å². The van der Waals surface area contributed by atoms with Crippen LogP contribution in [0.3, 0.4) is 0 Å². The molecule has 3 aromatic rings. The number of nitrogens with zero attached hydrogens (tertiary/aromatic N) is 2. The predicted molar refractivity (Wildman–Crippen MR) is 161 cm³/mol. The molecule has 0 heterocycles. The molecule has 3 aromatic carbocycles. The fraction of sp³-hybridized carbons (Fsp3) is 0.355. The lowest BCUT2D eigenvalue weighted by atomic mass is 9.95. The molecule has 1 saturated carbocycles. The second kappa shape index (κ2) is 14.1. The lowest BCUT2D eigenvalue weighted by Crippen LogP contribution is -2.54. The van der Waals surface area contributed by atoms with Gasteiger partial charge in [0.15, 0.2) is 0 Å². The second-order valence-corrected chi connectivity index (χ2v) is 13.0. The van der Waals surface area contributed by atoms with Crippen molar-refractivity contribution >= 4 is 43.5 Å². The molecule has 0 aromatic heterocycles. The van der Waals surface area contributed by atoms with Gasteiger partial charge in [0, 0.05) is 17.1 Å². The van der Waals surface area contributed by atoms with Crippen LogP contribution in [0.25, 0.3) is 0 Å². The molecular formula is C31H35BrFN3O4S. The van der Waals surface area contributed by atoms with E-state index in [1.54, 1.807) is 54.6 Å². The molecule has 7 nitrogen and oxygen atoms in total. The summed E-state index contributed by atoms with van der Waals surface area (Å²) in [5, 5.41) is 3.12. The van der Waals surface area contributed by atoms with Gasteiger partial charge < -0.3 is 10.2 Å². The zero-order chi connectivity index (χ0) is 29.4. The van der Waals surface area contributed by atoms with Crippen LogP contribution in [0.1, 0.15) is 51.0 Å². The number of hydrogen-bond acceptors (Lipinski definition) is 4. The number of hydrogen-bond donors (Lipinski definition) is 1. The van der Waals surface area contributed by atoms with E-state index >= 15 is 0 Å². The Morgan fingerprint density at radius 1 is 0.951 bits per heavy atom. The summed E-state index contributed by atoms with van der Waals surface area (Å²) in [4.78, 5) is 29.1. The Labute approximate surface area is 249 Å². The molecule has 1 fully saturated rings. The molecule has 1 aliphatic carbocycles. The number of rotatable bonds is 11. The van der Waals surface area contributed by atoms with Crippen LogP contribution in [0, 0.1) is 5.82 Å². The summed E-state index contributed by atoms with van der Waals surface area (Å²) in [5.74, 6) is -1.22. The van der Waals surface area contributed by atoms with Crippen LogP contribution >= 0.6 is 15.9 Å². The summed E-state index contributed by atoms with van der Waals surface area (Å²) in [5.41, 5.74) is 0.941. The number of benzene rings is 3. The highest BCUT2D eigenvalue weighted by atomic mass is 79.9. The van der Waals surface area contributed by atoms with Crippen LogP contribution in [0.2, 0.25) is 0 Å². The van der Waals surface area contributed by atoms with Crippen molar-refractivity contribution in [3.8, 4) is 0 Å². The molecule has 41 heavy (non-hydrogen) atoms. The smallest absolute Gasteiger partial charge is 0.264 e. The molecule has 0 saturated heterocycles. The third-order valence-electron chi connectivity index (χ3n) is 7.33. The first kappa shape index (κ1) is 30.7. The minimum Gasteiger partial charge on any atom is -0.352 e. The first-order chi connectivity index (χ1) is 19.7. The fourth-order valence-electron chi connectivity index (χ4n) is 5.11. The van der Waals surface area contributed by atoms with Gasteiger partial charge in [-0.05, 0) is 73.4 Å². The number of anilines is 1. The Bertz CT molecular complexity index is 1410. The molecule has 1 aliphatic rings. The van der Waals surface area contributed by atoms with Crippen molar-refractivity contribution in [2.24, 2.45) is 0 Å². The van der Waals surface area contributed by atoms with Crippen LogP contribution in [0.4, 0.5) is 10.1 Å². The molecule has 0 bridgehead atoms. The molecule has 1 atom stereocenters. The summed E-state index contributed by atoms with van der Waals surface area (Å²) in [6.07, 6.45) is 5.33. The summed E-state index contributed by atoms with van der Waals surface area (Å²) < 4.78 is 43.1. The standard InChI is InChI=1S/C31H35BrFN3O4S/c1-2-29(31(38)34-26-9-5-3-6-10-26)35(21-23-13-17-25(33)18-14-23)30(37)22-36(27-19-15-24(32)16-20-27)41(39,40)28-11-7-4-8-12-28/h4,7-8,11-20,26,29H,2-3,5-6,9-10,21-22H2,1H3,(H,34,38)/t29-/m0/s1. The van der Waals surface area contributed by atoms with Crippen LogP contribution in [-0.2, 0) is 26.2 Å². The third kappa shape index (κ3) is 7.95. The second-order valence-electron chi connectivity index (χ2n) is 10.2. The monoisotopic (exact) mass is 643 g/mol. The number of sulfonamides is 1. The quantitative estimate of drug-likeness (QED) is 0.276. The summed E-state index contributed by atoms with van der Waals surface area (Å²) >= 11 is 3.38. The Hall–Kier alpha value is -3.24. The van der Waals surface area contributed by atoms with Gasteiger partial charge in [-0.25, -0.2) is 12.8 Å². The number of carbonyl (C=O) groups is 2. The van der Waals surface area contributed by atoms with E-state index in [9.17, 15) is 22.4 Å². The SMILES string of the molecule is CC[C@@H](C(=O)NC1CCCCC1)N(Cc1ccc(F)cc1)C(=O)CN(c1ccc(Br)cc1)S(=O)(=O)c1ccccc1. The van der Waals surface area contributed by atoms with Gasteiger partial charge >= 0.3 is 0 Å². The predicted octanol–water partition coefficient (Wildman–Crippen LogP) is 6.04. The molecule has 0 spiro atoms. The van der Waals surface area contributed by atoms with Gasteiger partial charge in [0.25, 0.3) is 10.0 Å². The van der Waals surface area contributed by atoms with Crippen molar-refractivity contribution in [1.29, 1.82) is 0 Å². The number of halogens is 2. The minimum atomic E-state index is -4.13. The van der Waals surface area contributed by atoms with Crippen molar-refractivity contribution in [3.63, 3.8) is 0 Å². The summed E-state index contributed by atoms with van der Waals surface area (Å²) in [7, 11) is -4.13. The van der Waals surface area contributed by atoms with Crippen molar-refractivity contribution in [2.75, 3.05) is 10.8 Å². The Balaban J connectivity index is 1.68. The zero-order valence-electron chi connectivity index (χ0n) is 23.0. The lowest BCUT2D eigenvalue weighted by Gasteiger charge is -2.34. The first-order valence-corrected chi connectivity index (χ1v) is 16.1. The van der Waals surface area contributed by atoms with Gasteiger partial charge in [-0.2, -0.15) is 0 Å². The van der Waals surface area contributed by atoms with E-state index in [4.69, 9.17) is 0 Å². The maximum absolute atomic E-state index is 14.1. The number of amides is 2. The maximum atomic E-state index is 14.1. The topological polar surface area (TPSA) is 86.8 Å². The Kier molecular flexibility index (Phi) is 10.6. The van der Waals surface area contributed by atoms with Crippen LogP contribution < -0.4 is 9.62 Å². The van der Waals surface area contributed by atoms with E-state index in [1.807, 2.05) is 6.92 Å². The summed E-state index contributed by atoms with van der Waals surface area (Å²) in [6.45, 7) is 1.33. The van der Waals surface area contributed by atoms with E-state index in [1.165, 1.54) is 29.2 Å². The van der Waals surface area contributed by atoms with Crippen molar-refractivity contribution in [1.82, 2.24) is 10.2 Å². The van der Waals surface area contributed by atoms with Crippen LogP contribution in [0.5, 0.6) is 0 Å². The maximum Gasteiger partial charge on any atom is 0.264 e. The van der Waals surface area contributed by atoms with Gasteiger partial charge in [0.05, 0.1) is 10.6 Å². The van der Waals surface area contributed by atoms with Gasteiger partial charge in [-0.1, -0.05) is 72.4 Å². The highest BCUT2D eigenvalue weighted by Crippen LogP contribution is 2.26. The van der Waals surface area contributed by atoms with Crippen molar-refractivity contribution < 1.29 is 22.4 Å². The highest BCUT2D eigenvalue weighted by molar-refractivity contribution is 9.10. The van der Waals surface area contributed by atoms with Gasteiger partial charge in [0.2, 0.25) is 11.8 Å². The fourth-order valence-corrected chi connectivity index (χ4v) is 6.81. The van der Waals surface area contributed by atoms with E-state index in [-0.39, 0.29) is 23.4 Å². The molecular weight excluding hydrogens is 609 g/mol. The van der Waals surface area contributed by atoms with E-state index in [0.29, 0.717) is 17.7 Å². The molecule has 0 unspecified atom stereocenters. The van der Waals surface area contributed by atoms with Gasteiger partial charge in [-0.15, -0.1) is 0 Å². The Morgan fingerprint density at radius 3 is 2.20 bits per heavy atom. The number of carbonyl (C=O) groups excluding carboxylic acids is 2. The largest absolute Gasteiger partial charge is 0.352 e. The molecule has 10 heteroatoms. The average molecular weight is 645 g/mol. The highest BCUT2D eigenvalue weighted by Gasteiger charge is 2.34. The van der Waals surface area contributed by atoms with Gasteiger partial charge in [-0.3, -0.25) is 13.9 Å². The third-order valence-corrected chi connectivity index (χ3v) is 9.65. The van der Waals surface area contributed by atoms with E-state index in [0.717, 1.165) is 40.9 Å². The van der Waals surface area contributed by atoms with Crippen molar-refractivity contribution in [2.45, 2.75) is 69.0 Å². The molecule has 0 radical (unpaired) electrons. The Morgan fingerprint density at radius 2 is 1.59 bits per heavy atom. The molecule has 0 aliphatic heterocycles. The normalized spacial score (nSPS) is 14.7. The van der Waals surface area contributed by atoms with Crippen molar-refractivity contribution in [3.05, 3.63) is 94.7 Å². The molecule has 4 rings (SSSR count). The van der Waals surface area contributed by atoms with Crippen LogP contribution in [-0.4, -0.2) is 43.8 Å². The average Bonchev–Trinajstić information content (AvgIpc) is 2.98. The first-order valence-electron chi connectivity index (χ1n) is 13.9. The summed E-state index contributed by atoms with van der Waals surface area (Å²) in [6, 6.07) is 19.5. The zero-order valence-corrected chi connectivity index (χ0v) is 25.4. The molecule has 2 amide bonds. The lowest BCUT2D eigenvalue weighted by molar-refractivity contribution is -0.140. The van der Waals surface area contributed by atoms with Gasteiger partial charge in [0.1, 0.15) is 18.4 Å². The minimum absolute atomic E-state index is 0.0231. The van der Waals surface area contributed by atoms with E-state index in [2.05, 4.69) is 21.2 Å². The molecule has 1 N–H and O–H groups in total. The molecule has 218 valence electrons.